The van der Waals surface area contributed by atoms with Gasteiger partial charge in [-0.3, -0.25) is 0 Å². The van der Waals surface area contributed by atoms with E-state index in [1.165, 1.54) is 0 Å². The van der Waals surface area contributed by atoms with Crippen molar-refractivity contribution in [2.45, 2.75) is 12.5 Å². The van der Waals surface area contributed by atoms with E-state index < -0.39 is 5.60 Å². The number of nitrogens with two attached hydrogens (primary N) is 1. The van der Waals surface area contributed by atoms with Crippen molar-refractivity contribution in [3.8, 4) is 0 Å². The third-order valence-corrected chi connectivity index (χ3v) is 3.87. The lowest BCUT2D eigenvalue weighted by molar-refractivity contribution is 0.0169. The van der Waals surface area contributed by atoms with Gasteiger partial charge in [0.25, 0.3) is 0 Å². The van der Waals surface area contributed by atoms with Gasteiger partial charge < -0.3 is 10.6 Å². The molecule has 3 aromatic carbocycles. The molecule has 3 aromatic rings. The number of amidine groups is 1. The number of rotatable bonds is 5. The van der Waals surface area contributed by atoms with Gasteiger partial charge in [0, 0.05) is 16.7 Å². The number of halogens is 1. The van der Waals surface area contributed by atoms with Crippen LogP contribution in [0.3, 0.4) is 0 Å². The molecule has 128 valence electrons. The van der Waals surface area contributed by atoms with Gasteiger partial charge in [-0.1, -0.05) is 96.2 Å². The summed E-state index contributed by atoms with van der Waals surface area (Å²) in [6.45, 7) is 1.71. The SMILES string of the molecule is C/C(N)=N/OC(c1ccccc1)(c1ccccc1)c1ccccc1.Cl. The molecule has 0 aromatic heterocycles. The van der Waals surface area contributed by atoms with E-state index in [-0.39, 0.29) is 12.4 Å². The maximum Gasteiger partial charge on any atom is 0.212 e. The Kier molecular flexibility index (Phi) is 6.20. The zero-order valence-electron chi connectivity index (χ0n) is 14.0. The Morgan fingerprint density at radius 3 is 1.32 bits per heavy atom. The van der Waals surface area contributed by atoms with Gasteiger partial charge in [-0.2, -0.15) is 0 Å². The summed E-state index contributed by atoms with van der Waals surface area (Å²) in [4.78, 5) is 6.11. The zero-order chi connectivity index (χ0) is 16.8. The highest BCUT2D eigenvalue weighted by Gasteiger charge is 2.39. The molecule has 4 heteroatoms. The highest BCUT2D eigenvalue weighted by molar-refractivity contribution is 5.85. The van der Waals surface area contributed by atoms with E-state index in [2.05, 4.69) is 5.16 Å². The first-order valence-corrected chi connectivity index (χ1v) is 7.88. The Morgan fingerprint density at radius 2 is 1.04 bits per heavy atom. The van der Waals surface area contributed by atoms with Gasteiger partial charge in [0.15, 0.2) is 0 Å². The molecule has 0 unspecified atom stereocenters. The summed E-state index contributed by atoms with van der Waals surface area (Å²) >= 11 is 0. The van der Waals surface area contributed by atoms with Gasteiger partial charge in [0.2, 0.25) is 5.60 Å². The molecule has 0 saturated heterocycles. The van der Waals surface area contributed by atoms with Crippen LogP contribution in [-0.4, -0.2) is 5.84 Å². The van der Waals surface area contributed by atoms with Crippen LogP contribution < -0.4 is 5.73 Å². The first-order chi connectivity index (χ1) is 11.7. The van der Waals surface area contributed by atoms with E-state index in [0.29, 0.717) is 5.84 Å². The van der Waals surface area contributed by atoms with Gasteiger partial charge in [-0.05, 0) is 6.92 Å². The molecule has 0 amide bonds. The van der Waals surface area contributed by atoms with Gasteiger partial charge >= 0.3 is 0 Å². The molecule has 3 rings (SSSR count). The molecule has 0 spiro atoms. The summed E-state index contributed by atoms with van der Waals surface area (Å²) in [6, 6.07) is 30.2. The van der Waals surface area contributed by atoms with Crippen LogP contribution in [0.1, 0.15) is 23.6 Å². The van der Waals surface area contributed by atoms with Crippen molar-refractivity contribution in [3.63, 3.8) is 0 Å². The topological polar surface area (TPSA) is 47.6 Å². The molecule has 2 N–H and O–H groups in total. The van der Waals surface area contributed by atoms with Crippen molar-refractivity contribution in [1.82, 2.24) is 0 Å². The average Bonchev–Trinajstić information content (AvgIpc) is 2.65. The van der Waals surface area contributed by atoms with Crippen molar-refractivity contribution in [2.24, 2.45) is 10.9 Å². The molecule has 0 fully saturated rings. The average molecular weight is 353 g/mol. The molecule has 0 heterocycles. The van der Waals surface area contributed by atoms with Crippen LogP contribution in [0.2, 0.25) is 0 Å². The quantitative estimate of drug-likeness (QED) is 0.313. The van der Waals surface area contributed by atoms with Crippen LogP contribution in [-0.2, 0) is 10.4 Å². The smallest absolute Gasteiger partial charge is 0.212 e. The standard InChI is InChI=1S/C21H20N2O.ClH/c1-17(22)23-24-21(18-11-5-2-6-12-18,19-13-7-3-8-14-19)20-15-9-4-10-16-20;/h2-16H,1H3,(H2,22,23);1H. The minimum atomic E-state index is -0.857. The summed E-state index contributed by atoms with van der Waals surface area (Å²) in [5, 5.41) is 4.12. The Morgan fingerprint density at radius 1 is 0.720 bits per heavy atom. The lowest BCUT2D eigenvalue weighted by Crippen LogP contribution is -2.32. The van der Waals surface area contributed by atoms with Crippen molar-refractivity contribution in [3.05, 3.63) is 108 Å². The van der Waals surface area contributed by atoms with Crippen molar-refractivity contribution < 1.29 is 4.84 Å². The fourth-order valence-electron chi connectivity index (χ4n) is 2.82. The largest absolute Gasteiger partial charge is 0.385 e. The van der Waals surface area contributed by atoms with E-state index in [4.69, 9.17) is 10.6 Å². The maximum atomic E-state index is 6.11. The van der Waals surface area contributed by atoms with Crippen LogP contribution in [0, 0.1) is 0 Å². The van der Waals surface area contributed by atoms with E-state index in [9.17, 15) is 0 Å². The Bertz CT molecular complexity index is 704. The highest BCUT2D eigenvalue weighted by Crippen LogP contribution is 2.40. The summed E-state index contributed by atoms with van der Waals surface area (Å²) in [7, 11) is 0. The summed E-state index contributed by atoms with van der Waals surface area (Å²) in [6.07, 6.45) is 0. The van der Waals surface area contributed by atoms with E-state index in [0.717, 1.165) is 16.7 Å². The molecule has 0 aliphatic rings. The monoisotopic (exact) mass is 352 g/mol. The summed E-state index contributed by atoms with van der Waals surface area (Å²) < 4.78 is 0. The molecular formula is C21H21ClN2O. The molecule has 0 bridgehead atoms. The molecule has 3 nitrogen and oxygen atoms in total. The molecule has 0 radical (unpaired) electrons. The number of nitrogens with zero attached hydrogens (tertiary/aromatic N) is 1. The van der Waals surface area contributed by atoms with Gasteiger partial charge in [-0.25, -0.2) is 0 Å². The van der Waals surface area contributed by atoms with E-state index in [1.807, 2.05) is 91.0 Å². The summed E-state index contributed by atoms with van der Waals surface area (Å²) in [5.74, 6) is 0.377. The minimum Gasteiger partial charge on any atom is -0.385 e. The van der Waals surface area contributed by atoms with Crippen molar-refractivity contribution in [1.29, 1.82) is 0 Å². The van der Waals surface area contributed by atoms with Crippen LogP contribution in [0.15, 0.2) is 96.2 Å². The highest BCUT2D eigenvalue weighted by atomic mass is 35.5. The second-order valence-electron chi connectivity index (χ2n) is 5.60. The van der Waals surface area contributed by atoms with Gasteiger partial charge in [0.1, 0.15) is 5.84 Å². The normalized spacial score (nSPS) is 11.5. The predicted molar refractivity (Wildman–Crippen MR) is 105 cm³/mol. The molecule has 0 aliphatic carbocycles. The zero-order valence-corrected chi connectivity index (χ0v) is 14.8. The third-order valence-electron chi connectivity index (χ3n) is 3.87. The Labute approximate surface area is 154 Å². The molecule has 25 heavy (non-hydrogen) atoms. The second kappa shape index (κ2) is 8.36. The first-order valence-electron chi connectivity index (χ1n) is 7.88. The number of oxime groups is 1. The second-order valence-corrected chi connectivity index (χ2v) is 5.60. The third kappa shape index (κ3) is 3.83. The minimum absolute atomic E-state index is 0. The summed E-state index contributed by atoms with van der Waals surface area (Å²) in [5.41, 5.74) is 7.88. The Hall–Kier alpha value is -2.78. The fraction of sp³-hybridized carbons (Fsp3) is 0.0952. The lowest BCUT2D eigenvalue weighted by Gasteiger charge is -2.33. The predicted octanol–water partition coefficient (Wildman–Crippen LogP) is 4.71. The number of benzene rings is 3. The lowest BCUT2D eigenvalue weighted by atomic mass is 9.80. The molecule has 0 atom stereocenters. The van der Waals surface area contributed by atoms with Crippen LogP contribution >= 0.6 is 12.4 Å². The molecule has 0 saturated carbocycles. The number of hydrogen-bond acceptors (Lipinski definition) is 2. The van der Waals surface area contributed by atoms with Crippen LogP contribution in [0.4, 0.5) is 0 Å². The van der Waals surface area contributed by atoms with Gasteiger partial charge in [-0.15, -0.1) is 12.4 Å². The van der Waals surface area contributed by atoms with E-state index in [1.54, 1.807) is 6.92 Å². The molecule has 0 aliphatic heterocycles. The van der Waals surface area contributed by atoms with Crippen molar-refractivity contribution >= 4 is 18.2 Å². The van der Waals surface area contributed by atoms with E-state index >= 15 is 0 Å². The Balaban J connectivity index is 0.00000225. The van der Waals surface area contributed by atoms with Crippen molar-refractivity contribution in [2.75, 3.05) is 0 Å². The van der Waals surface area contributed by atoms with Gasteiger partial charge in [0.05, 0.1) is 0 Å². The first kappa shape index (κ1) is 18.6. The van der Waals surface area contributed by atoms with Crippen LogP contribution in [0.5, 0.6) is 0 Å². The number of hydrogen-bond donors (Lipinski definition) is 1. The van der Waals surface area contributed by atoms with Crippen LogP contribution in [0.25, 0.3) is 0 Å². The molecular weight excluding hydrogens is 332 g/mol. The maximum absolute atomic E-state index is 6.11. The fourth-order valence-corrected chi connectivity index (χ4v) is 2.82.